The zero-order chi connectivity index (χ0) is 17.6. The standard InChI is InChI=1S/C20H33NO3/c1-3-4-5-6-7-8-9-10-15-24-18-13-11-17(12-14-18)16-19(21)20(22)23-2/h11-14,19H,3-10,15-16,21H2,1-2H3/t19-/m0/s1. The summed E-state index contributed by atoms with van der Waals surface area (Å²) in [6.45, 7) is 3.01. The molecule has 1 aromatic rings. The minimum Gasteiger partial charge on any atom is -0.494 e. The second kappa shape index (κ2) is 12.8. The first-order valence-electron chi connectivity index (χ1n) is 9.22. The molecule has 0 aliphatic heterocycles. The third-order valence-electron chi connectivity index (χ3n) is 4.15. The molecule has 4 nitrogen and oxygen atoms in total. The number of carbonyl (C=O) groups excluding carboxylic acids is 1. The molecular weight excluding hydrogens is 302 g/mol. The van der Waals surface area contributed by atoms with Gasteiger partial charge in [-0.05, 0) is 30.5 Å². The molecule has 0 spiro atoms. The lowest BCUT2D eigenvalue weighted by Gasteiger charge is -2.10. The van der Waals surface area contributed by atoms with Crippen molar-refractivity contribution in [3.63, 3.8) is 0 Å². The summed E-state index contributed by atoms with van der Waals surface area (Å²) in [6, 6.07) is 7.16. The molecule has 0 bridgehead atoms. The van der Waals surface area contributed by atoms with Gasteiger partial charge in [-0.3, -0.25) is 4.79 Å². The molecule has 1 aromatic carbocycles. The van der Waals surface area contributed by atoms with Crippen molar-refractivity contribution in [3.8, 4) is 5.75 Å². The normalized spacial score (nSPS) is 12.0. The van der Waals surface area contributed by atoms with E-state index in [1.165, 1.54) is 52.1 Å². The van der Waals surface area contributed by atoms with E-state index in [0.29, 0.717) is 6.42 Å². The molecule has 0 aromatic heterocycles. The molecule has 24 heavy (non-hydrogen) atoms. The Morgan fingerprint density at radius 2 is 1.58 bits per heavy atom. The SMILES string of the molecule is CCCCCCCCCCOc1ccc(C[C@H](N)C(=O)OC)cc1. The van der Waals surface area contributed by atoms with Gasteiger partial charge in [-0.15, -0.1) is 0 Å². The lowest BCUT2D eigenvalue weighted by molar-refractivity contribution is -0.142. The van der Waals surface area contributed by atoms with Gasteiger partial charge in [0.25, 0.3) is 0 Å². The Morgan fingerprint density at radius 3 is 2.17 bits per heavy atom. The molecule has 2 N–H and O–H groups in total. The highest BCUT2D eigenvalue weighted by Crippen LogP contribution is 2.15. The van der Waals surface area contributed by atoms with Gasteiger partial charge in [0, 0.05) is 0 Å². The van der Waals surface area contributed by atoms with Gasteiger partial charge in [0.05, 0.1) is 13.7 Å². The molecule has 4 heteroatoms. The van der Waals surface area contributed by atoms with Crippen LogP contribution in [0, 0.1) is 0 Å². The number of methoxy groups -OCH3 is 1. The van der Waals surface area contributed by atoms with E-state index in [2.05, 4.69) is 11.7 Å². The van der Waals surface area contributed by atoms with Crippen LogP contribution in [0.15, 0.2) is 24.3 Å². The summed E-state index contributed by atoms with van der Waals surface area (Å²) in [5.41, 5.74) is 6.76. The van der Waals surface area contributed by atoms with E-state index in [1.807, 2.05) is 24.3 Å². The van der Waals surface area contributed by atoms with Crippen LogP contribution in [0.25, 0.3) is 0 Å². The van der Waals surface area contributed by atoms with Gasteiger partial charge in [-0.25, -0.2) is 0 Å². The van der Waals surface area contributed by atoms with E-state index < -0.39 is 6.04 Å². The second-order valence-corrected chi connectivity index (χ2v) is 6.30. The predicted molar refractivity (Wildman–Crippen MR) is 98.2 cm³/mol. The van der Waals surface area contributed by atoms with Crippen molar-refractivity contribution in [1.29, 1.82) is 0 Å². The van der Waals surface area contributed by atoms with E-state index in [0.717, 1.165) is 24.3 Å². The molecule has 0 radical (unpaired) electrons. The summed E-state index contributed by atoms with van der Waals surface area (Å²) in [5.74, 6) is 0.485. The zero-order valence-corrected chi connectivity index (χ0v) is 15.3. The molecule has 0 fully saturated rings. The third kappa shape index (κ3) is 8.92. The fourth-order valence-electron chi connectivity index (χ4n) is 2.64. The van der Waals surface area contributed by atoms with Crippen LogP contribution >= 0.6 is 0 Å². The molecule has 0 unspecified atom stereocenters. The zero-order valence-electron chi connectivity index (χ0n) is 15.3. The number of hydrogen-bond donors (Lipinski definition) is 1. The Morgan fingerprint density at radius 1 is 1.00 bits per heavy atom. The van der Waals surface area contributed by atoms with Gasteiger partial charge >= 0.3 is 5.97 Å². The molecular formula is C20H33NO3. The average Bonchev–Trinajstić information content (AvgIpc) is 2.61. The van der Waals surface area contributed by atoms with Crippen molar-refractivity contribution in [2.45, 2.75) is 70.8 Å². The lowest BCUT2D eigenvalue weighted by atomic mass is 10.1. The minimum absolute atomic E-state index is 0.384. The van der Waals surface area contributed by atoms with Gasteiger partial charge in [0.15, 0.2) is 0 Å². The Labute approximate surface area is 146 Å². The first-order chi connectivity index (χ1) is 11.7. The monoisotopic (exact) mass is 335 g/mol. The molecule has 0 aliphatic carbocycles. The number of ether oxygens (including phenoxy) is 2. The second-order valence-electron chi connectivity index (χ2n) is 6.30. The summed E-state index contributed by atoms with van der Waals surface area (Å²) in [6.07, 6.45) is 10.9. The Hall–Kier alpha value is -1.55. The summed E-state index contributed by atoms with van der Waals surface area (Å²) < 4.78 is 10.4. The topological polar surface area (TPSA) is 61.5 Å². The van der Waals surface area contributed by atoms with Crippen LogP contribution < -0.4 is 10.5 Å². The van der Waals surface area contributed by atoms with Crippen LogP contribution in [0.3, 0.4) is 0 Å². The van der Waals surface area contributed by atoms with Crippen LogP contribution in [0.4, 0.5) is 0 Å². The summed E-state index contributed by atoms with van der Waals surface area (Å²) in [7, 11) is 1.35. The van der Waals surface area contributed by atoms with Crippen LogP contribution in [-0.4, -0.2) is 25.7 Å². The van der Waals surface area contributed by atoms with Crippen molar-refractivity contribution < 1.29 is 14.3 Å². The highest BCUT2D eigenvalue weighted by atomic mass is 16.5. The van der Waals surface area contributed by atoms with Gasteiger partial charge < -0.3 is 15.2 Å². The molecule has 1 atom stereocenters. The van der Waals surface area contributed by atoms with Crippen LogP contribution in [0.2, 0.25) is 0 Å². The fourth-order valence-corrected chi connectivity index (χ4v) is 2.64. The van der Waals surface area contributed by atoms with E-state index in [4.69, 9.17) is 10.5 Å². The van der Waals surface area contributed by atoms with E-state index in [9.17, 15) is 4.79 Å². The molecule has 1 rings (SSSR count). The van der Waals surface area contributed by atoms with Gasteiger partial charge in [-0.1, -0.05) is 64.0 Å². The summed E-state index contributed by atoms with van der Waals surface area (Å²) >= 11 is 0. The maximum absolute atomic E-state index is 11.3. The first kappa shape index (κ1) is 20.5. The fraction of sp³-hybridized carbons (Fsp3) is 0.650. The van der Waals surface area contributed by atoms with Crippen molar-refractivity contribution in [2.75, 3.05) is 13.7 Å². The number of unbranched alkanes of at least 4 members (excludes halogenated alkanes) is 7. The van der Waals surface area contributed by atoms with Crippen LogP contribution in [0.5, 0.6) is 5.75 Å². The van der Waals surface area contributed by atoms with E-state index >= 15 is 0 Å². The third-order valence-corrected chi connectivity index (χ3v) is 4.15. The molecule has 0 saturated heterocycles. The number of hydrogen-bond acceptors (Lipinski definition) is 4. The summed E-state index contributed by atoms with van der Waals surface area (Å²) in [5, 5.41) is 0. The Kier molecular flexibility index (Phi) is 10.9. The number of benzene rings is 1. The van der Waals surface area contributed by atoms with E-state index in [1.54, 1.807) is 0 Å². The summed E-state index contributed by atoms with van der Waals surface area (Å²) in [4.78, 5) is 11.3. The number of esters is 1. The number of carbonyl (C=O) groups is 1. The van der Waals surface area contributed by atoms with E-state index in [-0.39, 0.29) is 5.97 Å². The van der Waals surface area contributed by atoms with Crippen molar-refractivity contribution >= 4 is 5.97 Å². The highest BCUT2D eigenvalue weighted by Gasteiger charge is 2.13. The molecule has 0 heterocycles. The number of nitrogens with two attached hydrogens (primary N) is 1. The molecule has 0 saturated carbocycles. The largest absolute Gasteiger partial charge is 0.494 e. The van der Waals surface area contributed by atoms with Crippen molar-refractivity contribution in [2.24, 2.45) is 5.73 Å². The van der Waals surface area contributed by atoms with Crippen LogP contribution in [0.1, 0.15) is 63.9 Å². The quantitative estimate of drug-likeness (QED) is 0.432. The first-order valence-corrected chi connectivity index (χ1v) is 9.22. The predicted octanol–water partition coefficient (Wildman–Crippen LogP) is 4.25. The maximum Gasteiger partial charge on any atom is 0.322 e. The molecule has 0 amide bonds. The average molecular weight is 335 g/mol. The van der Waals surface area contributed by atoms with Gasteiger partial charge in [0.1, 0.15) is 11.8 Å². The smallest absolute Gasteiger partial charge is 0.322 e. The number of rotatable bonds is 13. The molecule has 136 valence electrons. The van der Waals surface area contributed by atoms with Gasteiger partial charge in [0.2, 0.25) is 0 Å². The van der Waals surface area contributed by atoms with Crippen LogP contribution in [-0.2, 0) is 16.0 Å². The Bertz CT molecular complexity index is 445. The minimum atomic E-state index is -0.612. The highest BCUT2D eigenvalue weighted by molar-refractivity contribution is 5.75. The maximum atomic E-state index is 11.3. The molecule has 0 aliphatic rings. The van der Waals surface area contributed by atoms with Gasteiger partial charge in [-0.2, -0.15) is 0 Å². The lowest BCUT2D eigenvalue weighted by Crippen LogP contribution is -2.33. The van der Waals surface area contributed by atoms with Crippen molar-refractivity contribution in [1.82, 2.24) is 0 Å². The Balaban J connectivity index is 2.13. The van der Waals surface area contributed by atoms with Crippen molar-refractivity contribution in [3.05, 3.63) is 29.8 Å².